The van der Waals surface area contributed by atoms with E-state index in [4.69, 9.17) is 26.8 Å². The summed E-state index contributed by atoms with van der Waals surface area (Å²) in [6, 6.07) is 9.23. The molecule has 0 aliphatic carbocycles. The Labute approximate surface area is 136 Å². The Kier molecular flexibility index (Phi) is 4.82. The van der Waals surface area contributed by atoms with Crippen LogP contribution in [0.4, 0.5) is 17.1 Å². The Morgan fingerprint density at radius 2 is 1.70 bits per heavy atom. The molecule has 4 nitrogen and oxygen atoms in total. The van der Waals surface area contributed by atoms with Crippen LogP contribution in [0.3, 0.4) is 0 Å². The summed E-state index contributed by atoms with van der Waals surface area (Å²) in [5.74, 6) is 1.19. The van der Waals surface area contributed by atoms with Gasteiger partial charge in [-0.3, -0.25) is 0 Å². The molecule has 0 amide bonds. The van der Waals surface area contributed by atoms with Crippen LogP contribution < -0.4 is 20.5 Å². The molecule has 0 atom stereocenters. The molecule has 2 rings (SSSR count). The van der Waals surface area contributed by atoms with Crippen molar-refractivity contribution in [1.29, 1.82) is 0 Å². The van der Waals surface area contributed by atoms with E-state index in [1.165, 1.54) is 0 Å². The monoisotopic (exact) mass is 404 g/mol. The maximum atomic E-state index is 6.20. The van der Waals surface area contributed by atoms with Crippen LogP contribution in [0, 0.1) is 3.57 Å². The lowest BCUT2D eigenvalue weighted by atomic mass is 10.2. The lowest BCUT2D eigenvalue weighted by Gasteiger charge is -2.15. The van der Waals surface area contributed by atoms with Gasteiger partial charge in [0.2, 0.25) is 0 Å². The predicted molar refractivity (Wildman–Crippen MR) is 91.4 cm³/mol. The van der Waals surface area contributed by atoms with Gasteiger partial charge >= 0.3 is 0 Å². The van der Waals surface area contributed by atoms with Crippen LogP contribution in [0.5, 0.6) is 11.5 Å². The second-order valence-electron chi connectivity index (χ2n) is 4.04. The number of hydrogen-bond acceptors (Lipinski definition) is 4. The highest BCUT2D eigenvalue weighted by Gasteiger charge is 2.10. The van der Waals surface area contributed by atoms with Crippen molar-refractivity contribution >= 4 is 51.3 Å². The van der Waals surface area contributed by atoms with E-state index in [0.717, 1.165) is 9.26 Å². The van der Waals surface area contributed by atoms with E-state index in [0.29, 0.717) is 27.9 Å². The quantitative estimate of drug-likeness (QED) is 0.590. The molecule has 2 aromatic carbocycles. The molecule has 6 heteroatoms. The number of nitrogen functional groups attached to an aromatic ring is 1. The van der Waals surface area contributed by atoms with Gasteiger partial charge in [0.05, 0.1) is 36.3 Å². The van der Waals surface area contributed by atoms with Crippen molar-refractivity contribution in [3.8, 4) is 11.5 Å². The van der Waals surface area contributed by atoms with Crippen molar-refractivity contribution < 1.29 is 9.47 Å². The van der Waals surface area contributed by atoms with E-state index in [1.807, 2.05) is 18.2 Å². The highest BCUT2D eigenvalue weighted by molar-refractivity contribution is 14.1. The van der Waals surface area contributed by atoms with Gasteiger partial charge in [-0.1, -0.05) is 11.6 Å². The van der Waals surface area contributed by atoms with Gasteiger partial charge < -0.3 is 20.5 Å². The molecule has 0 bridgehead atoms. The first-order chi connectivity index (χ1) is 9.55. The third-order valence-electron chi connectivity index (χ3n) is 2.76. The molecule has 20 heavy (non-hydrogen) atoms. The van der Waals surface area contributed by atoms with Gasteiger partial charge in [0, 0.05) is 15.7 Å². The first-order valence-corrected chi connectivity index (χ1v) is 7.24. The maximum absolute atomic E-state index is 6.20. The van der Waals surface area contributed by atoms with Crippen LogP contribution in [0.15, 0.2) is 30.3 Å². The number of nitrogens with one attached hydrogen (secondary N) is 1. The standard InChI is InChI=1S/C14H14ClIN2O2/c1-19-13-6-10(17)12(7-14(13)20-2)18-11-4-3-8(16)5-9(11)15/h3-7,18H,17H2,1-2H3. The molecule has 0 fully saturated rings. The molecule has 0 unspecified atom stereocenters. The summed E-state index contributed by atoms with van der Waals surface area (Å²) in [6.07, 6.45) is 0. The number of halogens is 2. The predicted octanol–water partition coefficient (Wildman–Crippen LogP) is 4.29. The molecule has 2 aromatic rings. The normalized spacial score (nSPS) is 10.2. The number of rotatable bonds is 4. The molecular formula is C14H14ClIN2O2. The largest absolute Gasteiger partial charge is 0.493 e. The van der Waals surface area contributed by atoms with Crippen LogP contribution in [-0.4, -0.2) is 14.2 Å². The van der Waals surface area contributed by atoms with E-state index in [9.17, 15) is 0 Å². The van der Waals surface area contributed by atoms with Crippen molar-refractivity contribution in [2.75, 3.05) is 25.3 Å². The zero-order chi connectivity index (χ0) is 14.7. The number of nitrogens with two attached hydrogens (primary N) is 1. The van der Waals surface area contributed by atoms with Crippen molar-refractivity contribution in [3.05, 3.63) is 38.9 Å². The van der Waals surface area contributed by atoms with Gasteiger partial charge in [0.15, 0.2) is 11.5 Å². The molecule has 0 aliphatic heterocycles. The molecule has 0 saturated carbocycles. The number of hydrogen-bond donors (Lipinski definition) is 2. The summed E-state index contributed by atoms with van der Waals surface area (Å²) in [5.41, 5.74) is 8.06. The molecule has 0 spiro atoms. The lowest BCUT2D eigenvalue weighted by molar-refractivity contribution is 0.355. The van der Waals surface area contributed by atoms with E-state index in [-0.39, 0.29) is 0 Å². The summed E-state index contributed by atoms with van der Waals surface area (Å²) < 4.78 is 11.5. The van der Waals surface area contributed by atoms with Crippen molar-refractivity contribution in [1.82, 2.24) is 0 Å². The van der Waals surface area contributed by atoms with E-state index >= 15 is 0 Å². The summed E-state index contributed by atoms with van der Waals surface area (Å²) in [6.45, 7) is 0. The van der Waals surface area contributed by atoms with Crippen molar-refractivity contribution in [3.63, 3.8) is 0 Å². The average Bonchev–Trinajstić information content (AvgIpc) is 2.43. The van der Waals surface area contributed by atoms with E-state index in [1.54, 1.807) is 26.4 Å². The highest BCUT2D eigenvalue weighted by Crippen LogP contribution is 2.37. The molecular weight excluding hydrogens is 391 g/mol. The second kappa shape index (κ2) is 6.41. The fourth-order valence-corrected chi connectivity index (χ4v) is 2.64. The Hall–Kier alpha value is -1.34. The summed E-state index contributed by atoms with van der Waals surface area (Å²) in [4.78, 5) is 0. The van der Waals surface area contributed by atoms with Crippen LogP contribution >= 0.6 is 34.2 Å². The van der Waals surface area contributed by atoms with Crippen LogP contribution in [0.1, 0.15) is 0 Å². The minimum absolute atomic E-state index is 0.553. The topological polar surface area (TPSA) is 56.5 Å². The number of ether oxygens (including phenoxy) is 2. The Balaban J connectivity index is 2.38. The number of methoxy groups -OCH3 is 2. The molecule has 0 radical (unpaired) electrons. The van der Waals surface area contributed by atoms with Gasteiger partial charge in [-0.15, -0.1) is 0 Å². The molecule has 3 N–H and O–H groups in total. The van der Waals surface area contributed by atoms with Gasteiger partial charge in [-0.2, -0.15) is 0 Å². The van der Waals surface area contributed by atoms with Gasteiger partial charge in [0.25, 0.3) is 0 Å². The Bertz CT molecular complexity index is 635. The van der Waals surface area contributed by atoms with Crippen LogP contribution in [0.2, 0.25) is 5.02 Å². The smallest absolute Gasteiger partial charge is 0.162 e. The zero-order valence-electron chi connectivity index (χ0n) is 11.0. The maximum Gasteiger partial charge on any atom is 0.162 e. The zero-order valence-corrected chi connectivity index (χ0v) is 13.9. The van der Waals surface area contributed by atoms with Gasteiger partial charge in [-0.25, -0.2) is 0 Å². The first-order valence-electron chi connectivity index (χ1n) is 5.78. The van der Waals surface area contributed by atoms with Crippen LogP contribution in [0.25, 0.3) is 0 Å². The minimum atomic E-state index is 0.553. The molecule has 0 saturated heterocycles. The van der Waals surface area contributed by atoms with Crippen LogP contribution in [-0.2, 0) is 0 Å². The first kappa shape index (κ1) is 15.1. The van der Waals surface area contributed by atoms with Gasteiger partial charge in [-0.05, 0) is 40.8 Å². The van der Waals surface area contributed by atoms with E-state index in [2.05, 4.69) is 27.9 Å². The molecule has 106 valence electrons. The molecule has 0 heterocycles. The molecule has 0 aliphatic rings. The number of benzene rings is 2. The second-order valence-corrected chi connectivity index (χ2v) is 5.70. The van der Waals surface area contributed by atoms with Crippen molar-refractivity contribution in [2.45, 2.75) is 0 Å². The number of anilines is 3. The third-order valence-corrected chi connectivity index (χ3v) is 3.74. The Morgan fingerprint density at radius 3 is 2.30 bits per heavy atom. The van der Waals surface area contributed by atoms with Crippen molar-refractivity contribution in [2.24, 2.45) is 0 Å². The third kappa shape index (κ3) is 3.21. The summed E-state index contributed by atoms with van der Waals surface area (Å²) in [7, 11) is 3.15. The lowest BCUT2D eigenvalue weighted by Crippen LogP contribution is -2.00. The van der Waals surface area contributed by atoms with Gasteiger partial charge in [0.1, 0.15) is 0 Å². The van der Waals surface area contributed by atoms with E-state index < -0.39 is 0 Å². The highest BCUT2D eigenvalue weighted by atomic mass is 127. The molecule has 0 aromatic heterocycles. The fraction of sp³-hybridized carbons (Fsp3) is 0.143. The summed E-state index contributed by atoms with van der Waals surface area (Å²) in [5, 5.41) is 3.83. The Morgan fingerprint density at radius 1 is 1.05 bits per heavy atom. The average molecular weight is 405 g/mol. The fourth-order valence-electron chi connectivity index (χ4n) is 1.74. The SMILES string of the molecule is COc1cc(N)c(Nc2ccc(I)cc2Cl)cc1OC. The minimum Gasteiger partial charge on any atom is -0.493 e. The summed E-state index contributed by atoms with van der Waals surface area (Å²) >= 11 is 8.41.